The van der Waals surface area contributed by atoms with Crippen molar-refractivity contribution in [2.75, 3.05) is 0 Å². The minimum Gasteiger partial charge on any atom is -0.339 e. The van der Waals surface area contributed by atoms with Gasteiger partial charge in [0, 0.05) is 29.9 Å². The lowest BCUT2D eigenvalue weighted by Gasteiger charge is -2.11. The maximum atomic E-state index is 13.5. The number of rotatable bonds is 2. The lowest BCUT2D eigenvalue weighted by atomic mass is 10.1. The Balaban J connectivity index is 1.92. The molecule has 3 heterocycles. The van der Waals surface area contributed by atoms with E-state index >= 15 is 0 Å². The fourth-order valence-corrected chi connectivity index (χ4v) is 2.82. The number of H-pyrrole nitrogens is 1. The van der Waals surface area contributed by atoms with Gasteiger partial charge in [-0.25, -0.2) is 9.37 Å². The third kappa shape index (κ3) is 2.83. The summed E-state index contributed by atoms with van der Waals surface area (Å²) in [5.74, 6) is -0.388. The van der Waals surface area contributed by atoms with Crippen LogP contribution in [0, 0.1) is 5.82 Å². The highest BCUT2D eigenvalue weighted by molar-refractivity contribution is 5.86. The number of halogens is 4. The van der Waals surface area contributed by atoms with Gasteiger partial charge in [-0.05, 0) is 42.0 Å². The number of nitrogens with zero attached hydrogens (tertiary/aromatic N) is 3. The van der Waals surface area contributed by atoms with Crippen LogP contribution in [0.2, 0.25) is 0 Å². The van der Waals surface area contributed by atoms with Gasteiger partial charge in [0.05, 0.1) is 17.5 Å². The van der Waals surface area contributed by atoms with E-state index in [-0.39, 0.29) is 17.1 Å². The topological polar surface area (TPSA) is 46.5 Å². The third-order valence-corrected chi connectivity index (χ3v) is 4.04. The van der Waals surface area contributed by atoms with E-state index in [1.54, 1.807) is 25.2 Å². The summed E-state index contributed by atoms with van der Waals surface area (Å²) >= 11 is 0. The first-order valence-electron chi connectivity index (χ1n) is 7.67. The number of aromatic nitrogens is 4. The normalized spacial score (nSPS) is 12.0. The number of nitrogens with one attached hydrogen (secondary N) is 1. The summed E-state index contributed by atoms with van der Waals surface area (Å²) in [6.07, 6.45) is -1.74. The van der Waals surface area contributed by atoms with Crippen LogP contribution < -0.4 is 0 Å². The summed E-state index contributed by atoms with van der Waals surface area (Å²) in [6, 6.07) is 8.30. The average Bonchev–Trinajstić information content (AvgIpc) is 3.19. The van der Waals surface area contributed by atoms with Crippen LogP contribution in [0.3, 0.4) is 0 Å². The first-order chi connectivity index (χ1) is 12.3. The standard InChI is InChI=1S/C18H12F4N4/c1-26-9-12(8-23-26)16-14(18(20,21)22)6-11-7-15(24-17(11)25-16)10-2-4-13(19)5-3-10/h2-9H,1H3,(H,24,25). The summed E-state index contributed by atoms with van der Waals surface area (Å²) in [6.45, 7) is 0. The van der Waals surface area contributed by atoms with E-state index in [0.29, 0.717) is 22.3 Å². The van der Waals surface area contributed by atoms with E-state index in [4.69, 9.17) is 0 Å². The van der Waals surface area contributed by atoms with Gasteiger partial charge in [0.15, 0.2) is 0 Å². The van der Waals surface area contributed by atoms with Gasteiger partial charge in [0.2, 0.25) is 0 Å². The van der Waals surface area contributed by atoms with Crippen molar-refractivity contribution >= 4 is 11.0 Å². The maximum Gasteiger partial charge on any atom is 0.418 e. The zero-order valence-electron chi connectivity index (χ0n) is 13.5. The van der Waals surface area contributed by atoms with Crippen LogP contribution in [0.4, 0.5) is 17.6 Å². The molecule has 0 amide bonds. The minimum absolute atomic E-state index is 0.189. The Morgan fingerprint density at radius 3 is 2.38 bits per heavy atom. The van der Waals surface area contributed by atoms with Gasteiger partial charge in [0.25, 0.3) is 0 Å². The second kappa shape index (κ2) is 5.69. The first-order valence-corrected chi connectivity index (χ1v) is 7.67. The highest BCUT2D eigenvalue weighted by Gasteiger charge is 2.35. The highest BCUT2D eigenvalue weighted by Crippen LogP contribution is 2.38. The second-order valence-electron chi connectivity index (χ2n) is 5.91. The Bertz CT molecular complexity index is 1090. The molecule has 0 aliphatic heterocycles. The van der Waals surface area contributed by atoms with Gasteiger partial charge in [-0.15, -0.1) is 0 Å². The van der Waals surface area contributed by atoms with Gasteiger partial charge in [-0.2, -0.15) is 18.3 Å². The predicted octanol–water partition coefficient (Wildman–Crippen LogP) is 4.79. The molecule has 0 bridgehead atoms. The van der Waals surface area contributed by atoms with Crippen LogP contribution in [-0.4, -0.2) is 19.7 Å². The Morgan fingerprint density at radius 1 is 1.04 bits per heavy atom. The molecule has 4 rings (SSSR count). The van der Waals surface area contributed by atoms with E-state index in [1.165, 1.54) is 29.2 Å². The predicted molar refractivity (Wildman–Crippen MR) is 88.7 cm³/mol. The zero-order chi connectivity index (χ0) is 18.5. The number of fused-ring (bicyclic) bond motifs is 1. The number of pyridine rings is 1. The van der Waals surface area contributed by atoms with E-state index in [9.17, 15) is 17.6 Å². The molecule has 0 fully saturated rings. The van der Waals surface area contributed by atoms with Crippen molar-refractivity contribution in [3.63, 3.8) is 0 Å². The molecule has 3 aromatic heterocycles. The molecule has 132 valence electrons. The van der Waals surface area contributed by atoms with Gasteiger partial charge in [0.1, 0.15) is 11.5 Å². The van der Waals surface area contributed by atoms with Gasteiger partial charge >= 0.3 is 6.18 Å². The lowest BCUT2D eigenvalue weighted by molar-refractivity contribution is -0.137. The van der Waals surface area contributed by atoms with Crippen LogP contribution in [0.1, 0.15) is 5.56 Å². The molecule has 26 heavy (non-hydrogen) atoms. The van der Waals surface area contributed by atoms with Gasteiger partial charge in [-0.3, -0.25) is 4.68 Å². The monoisotopic (exact) mass is 360 g/mol. The van der Waals surface area contributed by atoms with Gasteiger partial charge in [-0.1, -0.05) is 0 Å². The Morgan fingerprint density at radius 2 is 1.77 bits per heavy atom. The van der Waals surface area contributed by atoms with Crippen LogP contribution in [-0.2, 0) is 13.2 Å². The molecule has 0 aliphatic carbocycles. The molecule has 0 aliphatic rings. The van der Waals surface area contributed by atoms with Gasteiger partial charge < -0.3 is 4.98 Å². The van der Waals surface area contributed by atoms with E-state index in [2.05, 4.69) is 15.1 Å². The van der Waals surface area contributed by atoms with Crippen LogP contribution >= 0.6 is 0 Å². The molecule has 8 heteroatoms. The van der Waals surface area contributed by atoms with Crippen molar-refractivity contribution < 1.29 is 17.6 Å². The molecule has 4 nitrogen and oxygen atoms in total. The molecule has 1 N–H and O–H groups in total. The van der Waals surface area contributed by atoms with E-state index < -0.39 is 11.7 Å². The molecule has 0 unspecified atom stereocenters. The Labute approximate surface area is 145 Å². The molecular weight excluding hydrogens is 348 g/mol. The minimum atomic E-state index is -4.56. The molecule has 0 saturated heterocycles. The van der Waals surface area contributed by atoms with Crippen molar-refractivity contribution in [3.8, 4) is 22.5 Å². The first kappa shape index (κ1) is 16.3. The summed E-state index contributed by atoms with van der Waals surface area (Å²) in [4.78, 5) is 7.18. The summed E-state index contributed by atoms with van der Waals surface area (Å²) in [5, 5.41) is 4.24. The van der Waals surface area contributed by atoms with Crippen LogP contribution in [0.15, 0.2) is 48.8 Å². The van der Waals surface area contributed by atoms with E-state index in [1.807, 2.05) is 0 Å². The zero-order valence-corrected chi connectivity index (χ0v) is 13.5. The number of hydrogen-bond donors (Lipinski definition) is 1. The maximum absolute atomic E-state index is 13.5. The number of benzene rings is 1. The van der Waals surface area contributed by atoms with Crippen molar-refractivity contribution in [2.45, 2.75) is 6.18 Å². The molecule has 0 saturated carbocycles. The fraction of sp³-hybridized carbons (Fsp3) is 0.111. The Kier molecular flexibility index (Phi) is 3.57. The molecule has 0 spiro atoms. The average molecular weight is 360 g/mol. The molecule has 0 atom stereocenters. The SMILES string of the molecule is Cn1cc(-c2nc3[nH]c(-c4ccc(F)cc4)cc3cc2C(F)(F)F)cn1. The number of aryl methyl sites for hydroxylation is 1. The van der Waals surface area contributed by atoms with Crippen LogP contribution in [0.5, 0.6) is 0 Å². The van der Waals surface area contributed by atoms with E-state index in [0.717, 1.165) is 6.07 Å². The van der Waals surface area contributed by atoms with Crippen molar-refractivity contribution in [3.05, 3.63) is 60.2 Å². The molecule has 4 aromatic rings. The summed E-state index contributed by atoms with van der Waals surface area (Å²) in [5.41, 5.74) is 0.786. The second-order valence-corrected chi connectivity index (χ2v) is 5.91. The summed E-state index contributed by atoms with van der Waals surface area (Å²) in [7, 11) is 1.62. The quantitative estimate of drug-likeness (QED) is 0.523. The smallest absolute Gasteiger partial charge is 0.339 e. The molecule has 1 aromatic carbocycles. The van der Waals surface area contributed by atoms with Crippen LogP contribution in [0.25, 0.3) is 33.5 Å². The Hall–Kier alpha value is -3.16. The molecular formula is C18H12F4N4. The number of alkyl halides is 3. The highest BCUT2D eigenvalue weighted by atomic mass is 19.4. The fourth-order valence-electron chi connectivity index (χ4n) is 2.82. The largest absolute Gasteiger partial charge is 0.418 e. The summed E-state index contributed by atoms with van der Waals surface area (Å²) < 4.78 is 55.1. The third-order valence-electron chi connectivity index (χ3n) is 4.04. The number of hydrogen-bond acceptors (Lipinski definition) is 2. The van der Waals surface area contributed by atoms with Crippen molar-refractivity contribution in [1.29, 1.82) is 0 Å². The van der Waals surface area contributed by atoms with Crippen molar-refractivity contribution in [2.24, 2.45) is 7.05 Å². The molecule has 0 radical (unpaired) electrons. The number of aromatic amines is 1. The van der Waals surface area contributed by atoms with Crippen molar-refractivity contribution in [1.82, 2.24) is 19.7 Å². The lowest BCUT2D eigenvalue weighted by Crippen LogP contribution is -2.08.